The molecule has 0 radical (unpaired) electrons. The number of anilines is 2. The fourth-order valence-corrected chi connectivity index (χ4v) is 3.67. The van der Waals surface area contributed by atoms with Crippen LogP contribution < -0.4 is 10.0 Å². The average Bonchev–Trinajstić information content (AvgIpc) is 2.74. The van der Waals surface area contributed by atoms with Crippen LogP contribution >= 0.6 is 0 Å². The lowest BCUT2D eigenvalue weighted by Crippen LogP contribution is -2.18. The van der Waals surface area contributed by atoms with E-state index >= 15 is 0 Å². The maximum atomic E-state index is 13.1. The Bertz CT molecular complexity index is 1180. The molecule has 0 saturated heterocycles. The minimum Gasteiger partial charge on any atom is -0.465 e. The topological polar surface area (TPSA) is 102 Å². The van der Waals surface area contributed by atoms with E-state index in [9.17, 15) is 22.4 Å². The van der Waals surface area contributed by atoms with Crippen LogP contribution in [0.4, 0.5) is 15.8 Å². The number of hydrogen-bond acceptors (Lipinski definition) is 5. The third-order valence-corrected chi connectivity index (χ3v) is 5.49. The highest BCUT2D eigenvalue weighted by Crippen LogP contribution is 2.22. The van der Waals surface area contributed by atoms with E-state index in [4.69, 9.17) is 0 Å². The molecular weight excluding hydrogens is 411 g/mol. The minimum absolute atomic E-state index is 0.0607. The highest BCUT2D eigenvalue weighted by atomic mass is 32.2. The second-order valence-electron chi connectivity index (χ2n) is 6.13. The second-order valence-corrected chi connectivity index (χ2v) is 7.81. The average molecular weight is 428 g/mol. The molecule has 0 aliphatic carbocycles. The van der Waals surface area contributed by atoms with Crippen molar-refractivity contribution in [2.75, 3.05) is 17.1 Å². The molecule has 0 bridgehead atoms. The van der Waals surface area contributed by atoms with Crippen molar-refractivity contribution in [2.24, 2.45) is 0 Å². The quantitative estimate of drug-likeness (QED) is 0.584. The summed E-state index contributed by atoms with van der Waals surface area (Å²) in [4.78, 5) is 24.0. The summed E-state index contributed by atoms with van der Waals surface area (Å²) in [7, 11) is -2.76. The number of methoxy groups -OCH3 is 1. The molecule has 3 rings (SSSR count). The molecule has 0 fully saturated rings. The third kappa shape index (κ3) is 4.81. The number of carbonyl (C=O) groups is 2. The maximum absolute atomic E-state index is 13.1. The number of esters is 1. The van der Waals surface area contributed by atoms with Crippen LogP contribution in [0.5, 0.6) is 0 Å². The van der Waals surface area contributed by atoms with Crippen LogP contribution in [-0.2, 0) is 14.8 Å². The minimum atomic E-state index is -4.03. The molecule has 0 atom stereocenters. The van der Waals surface area contributed by atoms with Crippen molar-refractivity contribution >= 4 is 33.3 Å². The Morgan fingerprint density at radius 2 is 1.53 bits per heavy atom. The van der Waals surface area contributed by atoms with Gasteiger partial charge in [-0.3, -0.25) is 9.52 Å². The predicted molar refractivity (Wildman–Crippen MR) is 109 cm³/mol. The van der Waals surface area contributed by atoms with Crippen LogP contribution in [-0.4, -0.2) is 27.4 Å². The number of hydrogen-bond donors (Lipinski definition) is 2. The Kier molecular flexibility index (Phi) is 6.12. The molecule has 0 aliphatic rings. The number of nitrogens with one attached hydrogen (secondary N) is 2. The van der Waals surface area contributed by atoms with Crippen LogP contribution in [0.1, 0.15) is 20.7 Å². The van der Waals surface area contributed by atoms with Gasteiger partial charge in [-0.2, -0.15) is 0 Å². The number of ether oxygens (including phenoxy) is 1. The fourth-order valence-electron chi connectivity index (χ4n) is 2.59. The van der Waals surface area contributed by atoms with E-state index in [2.05, 4.69) is 14.8 Å². The number of amides is 1. The molecule has 0 heterocycles. The van der Waals surface area contributed by atoms with Gasteiger partial charge in [0.2, 0.25) is 0 Å². The SMILES string of the molecule is COC(=O)c1ccc(NC(=O)c2ccccc2NS(=O)(=O)c2ccc(F)cc2)cc1. The lowest BCUT2D eigenvalue weighted by atomic mass is 10.1. The maximum Gasteiger partial charge on any atom is 0.337 e. The molecule has 3 aromatic carbocycles. The number of halogens is 1. The van der Waals surface area contributed by atoms with E-state index < -0.39 is 27.7 Å². The highest BCUT2D eigenvalue weighted by molar-refractivity contribution is 7.92. The normalized spacial score (nSPS) is 10.9. The molecule has 3 aromatic rings. The van der Waals surface area contributed by atoms with Gasteiger partial charge < -0.3 is 10.1 Å². The molecule has 0 aromatic heterocycles. The summed E-state index contributed by atoms with van der Waals surface area (Å²) in [6.45, 7) is 0. The van der Waals surface area contributed by atoms with Gasteiger partial charge in [-0.25, -0.2) is 17.6 Å². The van der Waals surface area contributed by atoms with E-state index in [0.717, 1.165) is 24.3 Å². The van der Waals surface area contributed by atoms with E-state index in [0.29, 0.717) is 11.3 Å². The van der Waals surface area contributed by atoms with Crippen molar-refractivity contribution in [3.05, 3.63) is 89.7 Å². The number of benzene rings is 3. The summed E-state index contributed by atoms with van der Waals surface area (Å²) < 4.78 is 45.2. The highest BCUT2D eigenvalue weighted by Gasteiger charge is 2.19. The molecule has 30 heavy (non-hydrogen) atoms. The lowest BCUT2D eigenvalue weighted by Gasteiger charge is -2.13. The van der Waals surface area contributed by atoms with Gasteiger partial charge >= 0.3 is 5.97 Å². The van der Waals surface area contributed by atoms with Gasteiger partial charge in [0.05, 0.1) is 28.8 Å². The van der Waals surface area contributed by atoms with E-state index in [1.807, 2.05) is 0 Å². The standard InChI is InChI=1S/C21H17FN2O5S/c1-29-21(26)14-6-10-16(11-7-14)23-20(25)18-4-2-3-5-19(18)24-30(27,28)17-12-8-15(22)9-13-17/h2-13,24H,1H3,(H,23,25). The number of rotatable bonds is 6. The fraction of sp³-hybridized carbons (Fsp3) is 0.0476. The van der Waals surface area contributed by atoms with Crippen LogP contribution in [0.25, 0.3) is 0 Å². The zero-order valence-corrected chi connectivity index (χ0v) is 16.6. The molecule has 9 heteroatoms. The molecule has 0 unspecified atom stereocenters. The molecule has 1 amide bonds. The predicted octanol–water partition coefficient (Wildman–Crippen LogP) is 3.67. The Morgan fingerprint density at radius 3 is 2.17 bits per heavy atom. The first-order chi connectivity index (χ1) is 14.3. The van der Waals surface area contributed by atoms with E-state index in [1.54, 1.807) is 12.1 Å². The summed E-state index contributed by atoms with van der Waals surface area (Å²) in [6.07, 6.45) is 0. The van der Waals surface area contributed by atoms with Gasteiger partial charge in [0.1, 0.15) is 5.82 Å². The van der Waals surface area contributed by atoms with E-state index in [1.165, 1.54) is 43.5 Å². The largest absolute Gasteiger partial charge is 0.465 e. The molecule has 0 aliphatic heterocycles. The number of sulfonamides is 1. The summed E-state index contributed by atoms with van der Waals surface area (Å²) in [6, 6.07) is 16.4. The number of carbonyl (C=O) groups excluding carboxylic acids is 2. The van der Waals surface area contributed by atoms with E-state index in [-0.39, 0.29) is 16.1 Å². The first kappa shape index (κ1) is 21.0. The summed E-state index contributed by atoms with van der Waals surface area (Å²) in [5.41, 5.74) is 0.873. The Balaban J connectivity index is 1.81. The molecule has 0 saturated carbocycles. The Hall–Kier alpha value is -3.72. The van der Waals surface area contributed by atoms with Crippen LogP contribution in [0.15, 0.2) is 77.7 Å². The zero-order valence-electron chi connectivity index (χ0n) is 15.8. The molecule has 2 N–H and O–H groups in total. The molecule has 0 spiro atoms. The van der Waals surface area contributed by atoms with Gasteiger partial charge in [0.15, 0.2) is 0 Å². The Labute approximate surface area is 172 Å². The third-order valence-electron chi connectivity index (χ3n) is 4.10. The van der Waals surface area contributed by atoms with Crippen LogP contribution in [0.2, 0.25) is 0 Å². The van der Waals surface area contributed by atoms with Gasteiger partial charge in [0.25, 0.3) is 15.9 Å². The van der Waals surface area contributed by atoms with Crippen molar-refractivity contribution in [3.63, 3.8) is 0 Å². The monoisotopic (exact) mass is 428 g/mol. The molecule has 7 nitrogen and oxygen atoms in total. The van der Waals surface area contributed by atoms with Gasteiger partial charge in [-0.15, -0.1) is 0 Å². The first-order valence-electron chi connectivity index (χ1n) is 8.67. The molecular formula is C21H17FN2O5S. The number of para-hydroxylation sites is 1. The van der Waals surface area contributed by atoms with Crippen LogP contribution in [0, 0.1) is 5.82 Å². The van der Waals surface area contributed by atoms with Gasteiger partial charge in [-0.05, 0) is 60.7 Å². The summed E-state index contributed by atoms with van der Waals surface area (Å²) in [5.74, 6) is -1.63. The van der Waals surface area contributed by atoms with Crippen molar-refractivity contribution < 1.29 is 27.1 Å². The van der Waals surface area contributed by atoms with Crippen LogP contribution in [0.3, 0.4) is 0 Å². The van der Waals surface area contributed by atoms with Crippen molar-refractivity contribution in [1.29, 1.82) is 0 Å². The summed E-state index contributed by atoms with van der Waals surface area (Å²) in [5, 5.41) is 2.64. The Morgan fingerprint density at radius 1 is 0.900 bits per heavy atom. The van der Waals surface area contributed by atoms with Crippen molar-refractivity contribution in [2.45, 2.75) is 4.90 Å². The van der Waals surface area contributed by atoms with Gasteiger partial charge in [0, 0.05) is 5.69 Å². The van der Waals surface area contributed by atoms with Crippen molar-refractivity contribution in [1.82, 2.24) is 0 Å². The zero-order chi connectivity index (χ0) is 21.7. The van der Waals surface area contributed by atoms with Gasteiger partial charge in [-0.1, -0.05) is 12.1 Å². The second kappa shape index (κ2) is 8.75. The summed E-state index contributed by atoms with van der Waals surface area (Å²) >= 11 is 0. The molecule has 154 valence electrons. The van der Waals surface area contributed by atoms with Crippen molar-refractivity contribution in [3.8, 4) is 0 Å². The smallest absolute Gasteiger partial charge is 0.337 e. The lowest BCUT2D eigenvalue weighted by molar-refractivity contribution is 0.0600. The first-order valence-corrected chi connectivity index (χ1v) is 10.2.